The van der Waals surface area contributed by atoms with Crippen LogP contribution in [-0.4, -0.2) is 10.2 Å². The first-order chi connectivity index (χ1) is 11.8. The molecule has 0 spiro atoms. The minimum atomic E-state index is -0.383. The smallest absolute Gasteiger partial charge is 0.129 e. The van der Waals surface area contributed by atoms with Crippen molar-refractivity contribution < 1.29 is 10.2 Å². The molecule has 2 nitrogen and oxygen atoms in total. The first-order valence-corrected chi connectivity index (χ1v) is 8.04. The summed E-state index contributed by atoms with van der Waals surface area (Å²) in [6.07, 6.45) is 6.51. The topological polar surface area (TPSA) is 40.5 Å². The number of phenolic OH excluding ortho intramolecular Hbond substituents is 2. The first kappa shape index (κ1) is 18.3. The fraction of sp³-hybridized carbons (Fsp3) is 0.130. The van der Waals surface area contributed by atoms with E-state index in [4.69, 9.17) is 0 Å². The highest BCUT2D eigenvalue weighted by Crippen LogP contribution is 2.39. The number of benzene rings is 2. The maximum absolute atomic E-state index is 10.2. The number of hydrogen-bond acceptors (Lipinski definition) is 2. The average Bonchev–Trinajstić information content (AvgIpc) is 2.61. The van der Waals surface area contributed by atoms with Crippen LogP contribution in [-0.2, 0) is 5.41 Å². The zero-order valence-corrected chi connectivity index (χ0v) is 14.8. The van der Waals surface area contributed by atoms with Gasteiger partial charge in [-0.25, -0.2) is 0 Å². The molecule has 0 aliphatic carbocycles. The maximum atomic E-state index is 10.2. The molecule has 0 bridgehead atoms. The zero-order chi connectivity index (χ0) is 18.8. The fourth-order valence-corrected chi connectivity index (χ4v) is 2.87. The van der Waals surface area contributed by atoms with Gasteiger partial charge in [0.1, 0.15) is 11.5 Å². The predicted molar refractivity (Wildman–Crippen MR) is 109 cm³/mol. The van der Waals surface area contributed by atoms with Crippen LogP contribution in [0.1, 0.15) is 47.2 Å². The number of phenols is 2. The van der Waals surface area contributed by atoms with E-state index in [1.807, 2.05) is 24.3 Å². The molecule has 0 heterocycles. The first-order valence-electron chi connectivity index (χ1n) is 8.04. The second kappa shape index (κ2) is 6.86. The SMILES string of the molecule is C=Cc1cc(C(C)(C)c2cc(C=C)c(O)c(C=C)c2)cc(C=C)c1O. The molecule has 2 rings (SSSR count). The summed E-state index contributed by atoms with van der Waals surface area (Å²) in [5.41, 5.74) is 4.27. The lowest BCUT2D eigenvalue weighted by atomic mass is 9.75. The van der Waals surface area contributed by atoms with Crippen LogP contribution in [0.25, 0.3) is 24.3 Å². The molecule has 0 radical (unpaired) electrons. The van der Waals surface area contributed by atoms with E-state index in [9.17, 15) is 10.2 Å². The van der Waals surface area contributed by atoms with E-state index in [-0.39, 0.29) is 16.9 Å². The van der Waals surface area contributed by atoms with Gasteiger partial charge in [-0.2, -0.15) is 0 Å². The molecule has 0 aliphatic rings. The summed E-state index contributed by atoms with van der Waals surface area (Å²) >= 11 is 0. The Morgan fingerprint density at radius 1 is 0.640 bits per heavy atom. The Bertz CT molecular complexity index is 740. The number of aromatic hydroxyl groups is 2. The molecule has 25 heavy (non-hydrogen) atoms. The summed E-state index contributed by atoms with van der Waals surface area (Å²) in [4.78, 5) is 0. The molecule has 0 aliphatic heterocycles. The lowest BCUT2D eigenvalue weighted by molar-refractivity contribution is 0.471. The van der Waals surface area contributed by atoms with Gasteiger partial charge in [0, 0.05) is 27.7 Å². The normalized spacial score (nSPS) is 11.0. The van der Waals surface area contributed by atoms with E-state index in [1.54, 1.807) is 24.3 Å². The average molecular weight is 332 g/mol. The van der Waals surface area contributed by atoms with Crippen molar-refractivity contribution in [2.45, 2.75) is 19.3 Å². The van der Waals surface area contributed by atoms with Crippen molar-refractivity contribution in [1.82, 2.24) is 0 Å². The Morgan fingerprint density at radius 3 is 1.08 bits per heavy atom. The summed E-state index contributed by atoms with van der Waals surface area (Å²) in [6.45, 7) is 19.3. The van der Waals surface area contributed by atoms with E-state index in [0.29, 0.717) is 22.3 Å². The highest BCUT2D eigenvalue weighted by atomic mass is 16.3. The molecule has 0 fully saturated rings. The van der Waals surface area contributed by atoms with Gasteiger partial charge in [0.15, 0.2) is 0 Å². The van der Waals surface area contributed by atoms with Crippen molar-refractivity contribution >= 4 is 24.3 Å². The fourth-order valence-electron chi connectivity index (χ4n) is 2.87. The molecule has 0 atom stereocenters. The Hall–Kier alpha value is -3.00. The molecule has 2 heteroatoms. The van der Waals surface area contributed by atoms with Gasteiger partial charge in [-0.05, 0) is 35.4 Å². The minimum absolute atomic E-state index is 0.175. The highest BCUT2D eigenvalue weighted by molar-refractivity contribution is 5.70. The van der Waals surface area contributed by atoms with Crippen molar-refractivity contribution in [3.63, 3.8) is 0 Å². The van der Waals surface area contributed by atoms with Gasteiger partial charge in [0.05, 0.1) is 0 Å². The molecule has 2 N–H and O–H groups in total. The summed E-state index contributed by atoms with van der Waals surface area (Å²) in [5.74, 6) is 0.350. The van der Waals surface area contributed by atoms with Gasteiger partial charge in [-0.3, -0.25) is 0 Å². The second-order valence-corrected chi connectivity index (χ2v) is 6.45. The molecule has 0 saturated heterocycles. The molecular weight excluding hydrogens is 308 g/mol. The van der Waals surface area contributed by atoms with Crippen LogP contribution in [0.2, 0.25) is 0 Å². The summed E-state index contributed by atoms with van der Waals surface area (Å²) in [7, 11) is 0. The van der Waals surface area contributed by atoms with Crippen LogP contribution in [0.3, 0.4) is 0 Å². The summed E-state index contributed by atoms with van der Waals surface area (Å²) < 4.78 is 0. The molecule has 0 amide bonds. The molecule has 2 aromatic rings. The van der Waals surface area contributed by atoms with E-state index in [1.165, 1.54) is 0 Å². The van der Waals surface area contributed by atoms with Gasteiger partial charge in [-0.1, -0.05) is 64.5 Å². The van der Waals surface area contributed by atoms with E-state index >= 15 is 0 Å². The lowest BCUT2D eigenvalue weighted by Crippen LogP contribution is -2.19. The van der Waals surface area contributed by atoms with Crippen LogP contribution >= 0.6 is 0 Å². The van der Waals surface area contributed by atoms with Crippen LogP contribution in [0, 0.1) is 0 Å². The molecule has 0 unspecified atom stereocenters. The monoisotopic (exact) mass is 332 g/mol. The second-order valence-electron chi connectivity index (χ2n) is 6.45. The van der Waals surface area contributed by atoms with Crippen LogP contribution in [0.15, 0.2) is 50.6 Å². The third kappa shape index (κ3) is 3.16. The quantitative estimate of drug-likeness (QED) is 0.681. The molecule has 2 aromatic carbocycles. The maximum Gasteiger partial charge on any atom is 0.129 e. The Morgan fingerprint density at radius 2 is 0.880 bits per heavy atom. The van der Waals surface area contributed by atoms with Crippen LogP contribution in [0.5, 0.6) is 11.5 Å². The Labute approximate surface area is 149 Å². The predicted octanol–water partition coefficient (Wildman–Crippen LogP) is 6.00. The minimum Gasteiger partial charge on any atom is -0.507 e. The van der Waals surface area contributed by atoms with Gasteiger partial charge < -0.3 is 10.2 Å². The highest BCUT2D eigenvalue weighted by Gasteiger charge is 2.26. The van der Waals surface area contributed by atoms with Crippen molar-refractivity contribution in [3.05, 3.63) is 84.0 Å². The largest absolute Gasteiger partial charge is 0.507 e. The van der Waals surface area contributed by atoms with E-state index in [2.05, 4.69) is 40.2 Å². The molecular formula is C23H24O2. The number of rotatable bonds is 6. The summed E-state index contributed by atoms with van der Waals surface area (Å²) in [5, 5.41) is 20.5. The van der Waals surface area contributed by atoms with Gasteiger partial charge in [-0.15, -0.1) is 0 Å². The van der Waals surface area contributed by atoms with Crippen molar-refractivity contribution in [1.29, 1.82) is 0 Å². The summed E-state index contributed by atoms with van der Waals surface area (Å²) in [6, 6.07) is 7.68. The van der Waals surface area contributed by atoms with E-state index < -0.39 is 0 Å². The van der Waals surface area contributed by atoms with Crippen molar-refractivity contribution in [3.8, 4) is 11.5 Å². The van der Waals surface area contributed by atoms with E-state index in [0.717, 1.165) is 11.1 Å². The Kier molecular flexibility index (Phi) is 5.03. The molecule has 0 aromatic heterocycles. The molecule has 0 saturated carbocycles. The third-order valence-corrected chi connectivity index (χ3v) is 4.66. The standard InChI is InChI=1S/C23H24O2/c1-7-15-11-19(12-16(8-2)21(15)24)23(5,6)20-13-17(9-3)22(25)18(10-4)14-20/h7-14,24-25H,1-4H2,5-6H3. The van der Waals surface area contributed by atoms with Gasteiger partial charge in [0.25, 0.3) is 0 Å². The lowest BCUT2D eigenvalue weighted by Gasteiger charge is -2.28. The Balaban J connectivity index is 2.74. The third-order valence-electron chi connectivity index (χ3n) is 4.66. The molecule has 128 valence electrons. The van der Waals surface area contributed by atoms with Crippen molar-refractivity contribution in [2.75, 3.05) is 0 Å². The van der Waals surface area contributed by atoms with Gasteiger partial charge in [0.2, 0.25) is 0 Å². The van der Waals surface area contributed by atoms with Crippen molar-refractivity contribution in [2.24, 2.45) is 0 Å². The number of hydrogen-bond donors (Lipinski definition) is 2. The zero-order valence-electron chi connectivity index (χ0n) is 14.8. The van der Waals surface area contributed by atoms with Gasteiger partial charge >= 0.3 is 0 Å². The van der Waals surface area contributed by atoms with Crippen LogP contribution in [0.4, 0.5) is 0 Å². The van der Waals surface area contributed by atoms with Crippen LogP contribution < -0.4 is 0 Å².